The van der Waals surface area contributed by atoms with Crippen molar-refractivity contribution in [3.05, 3.63) is 78.5 Å². The number of hydrazine groups is 1. The molecule has 2 atom stereocenters. The molecule has 134 valence electrons. The molecule has 2 unspecified atom stereocenters. The minimum absolute atomic E-state index is 0.0658. The number of hydrogen-bond acceptors (Lipinski definition) is 6. The third-order valence-electron chi connectivity index (χ3n) is 4.89. The third-order valence-corrected chi connectivity index (χ3v) is 4.89. The SMILES string of the molecule is O=C1C=C(c2ccc(-c3ncco3)cc2)NC2C(c3ccccn3)CNN12. The molecule has 0 spiro atoms. The average Bonchev–Trinajstić information content (AvgIpc) is 3.39. The predicted octanol–water partition coefficient (Wildman–Crippen LogP) is 2.14. The van der Waals surface area contributed by atoms with Gasteiger partial charge in [0.05, 0.1) is 12.1 Å². The van der Waals surface area contributed by atoms with Crippen LogP contribution in [0.1, 0.15) is 17.2 Å². The van der Waals surface area contributed by atoms with Crippen molar-refractivity contribution in [1.82, 2.24) is 25.7 Å². The molecule has 7 heteroatoms. The molecule has 0 aliphatic carbocycles. The van der Waals surface area contributed by atoms with Crippen LogP contribution < -0.4 is 10.7 Å². The summed E-state index contributed by atoms with van der Waals surface area (Å²) in [5, 5.41) is 5.13. The Morgan fingerprint density at radius 3 is 2.63 bits per heavy atom. The van der Waals surface area contributed by atoms with Crippen LogP contribution in [0.25, 0.3) is 17.2 Å². The summed E-state index contributed by atoms with van der Waals surface area (Å²) in [5.74, 6) is 0.582. The van der Waals surface area contributed by atoms with E-state index in [-0.39, 0.29) is 18.0 Å². The highest BCUT2D eigenvalue weighted by Gasteiger charge is 2.41. The molecule has 2 aliphatic rings. The maximum Gasteiger partial charge on any atom is 0.264 e. The van der Waals surface area contributed by atoms with Crippen molar-refractivity contribution in [2.24, 2.45) is 0 Å². The van der Waals surface area contributed by atoms with Gasteiger partial charge in [-0.3, -0.25) is 14.8 Å². The number of amides is 1. The number of carbonyl (C=O) groups excluding carboxylic acids is 1. The topological polar surface area (TPSA) is 83.3 Å². The molecule has 2 aromatic heterocycles. The number of benzene rings is 1. The molecule has 3 aromatic rings. The highest BCUT2D eigenvalue weighted by molar-refractivity contribution is 5.96. The first-order valence-corrected chi connectivity index (χ1v) is 8.76. The Morgan fingerprint density at radius 1 is 1.04 bits per heavy atom. The van der Waals surface area contributed by atoms with E-state index in [1.54, 1.807) is 29.7 Å². The number of carbonyl (C=O) groups is 1. The molecule has 0 saturated carbocycles. The highest BCUT2D eigenvalue weighted by Crippen LogP contribution is 2.30. The van der Waals surface area contributed by atoms with Gasteiger partial charge in [0.1, 0.15) is 12.4 Å². The van der Waals surface area contributed by atoms with Gasteiger partial charge in [0, 0.05) is 35.8 Å². The number of nitrogens with zero attached hydrogens (tertiary/aromatic N) is 3. The lowest BCUT2D eigenvalue weighted by Crippen LogP contribution is -2.52. The van der Waals surface area contributed by atoms with E-state index >= 15 is 0 Å². The maximum absolute atomic E-state index is 12.6. The summed E-state index contributed by atoms with van der Waals surface area (Å²) >= 11 is 0. The number of oxazole rings is 1. The molecule has 27 heavy (non-hydrogen) atoms. The van der Waals surface area contributed by atoms with E-state index in [1.165, 1.54) is 0 Å². The molecule has 5 rings (SSSR count). The lowest BCUT2D eigenvalue weighted by Gasteiger charge is -2.33. The average molecular weight is 359 g/mol. The maximum atomic E-state index is 12.6. The van der Waals surface area contributed by atoms with E-state index < -0.39 is 0 Å². The van der Waals surface area contributed by atoms with Crippen molar-refractivity contribution in [1.29, 1.82) is 0 Å². The summed E-state index contributed by atoms with van der Waals surface area (Å²) in [5.41, 5.74) is 6.75. The fourth-order valence-electron chi connectivity index (χ4n) is 3.55. The predicted molar refractivity (Wildman–Crippen MR) is 98.7 cm³/mol. The largest absolute Gasteiger partial charge is 0.445 e. The van der Waals surface area contributed by atoms with Gasteiger partial charge in [-0.2, -0.15) is 0 Å². The van der Waals surface area contributed by atoms with E-state index in [9.17, 15) is 4.79 Å². The van der Waals surface area contributed by atoms with Gasteiger partial charge < -0.3 is 9.73 Å². The van der Waals surface area contributed by atoms with Gasteiger partial charge in [0.2, 0.25) is 5.89 Å². The van der Waals surface area contributed by atoms with Crippen molar-refractivity contribution < 1.29 is 9.21 Å². The quantitative estimate of drug-likeness (QED) is 0.745. The molecule has 1 saturated heterocycles. The van der Waals surface area contributed by atoms with Gasteiger partial charge in [-0.1, -0.05) is 18.2 Å². The van der Waals surface area contributed by atoms with E-state index in [4.69, 9.17) is 4.42 Å². The van der Waals surface area contributed by atoms with Crippen molar-refractivity contribution in [2.75, 3.05) is 6.54 Å². The molecule has 2 aliphatic heterocycles. The van der Waals surface area contributed by atoms with Gasteiger partial charge in [-0.05, 0) is 29.8 Å². The van der Waals surface area contributed by atoms with Crippen molar-refractivity contribution in [3.8, 4) is 11.5 Å². The summed E-state index contributed by atoms with van der Waals surface area (Å²) in [6, 6.07) is 13.6. The first kappa shape index (κ1) is 15.8. The molecule has 0 bridgehead atoms. The Hall–Kier alpha value is -3.45. The van der Waals surface area contributed by atoms with E-state index in [1.807, 2.05) is 42.5 Å². The Kier molecular flexibility index (Phi) is 3.72. The normalized spacial score (nSPS) is 21.6. The van der Waals surface area contributed by atoms with Gasteiger partial charge in [-0.15, -0.1) is 0 Å². The number of hydrogen-bond donors (Lipinski definition) is 2. The molecule has 4 heterocycles. The summed E-state index contributed by atoms with van der Waals surface area (Å²) in [6.45, 7) is 0.657. The second kappa shape index (κ2) is 6.37. The number of rotatable bonds is 3. The molecule has 1 amide bonds. The zero-order valence-corrected chi connectivity index (χ0v) is 14.4. The molecular weight excluding hydrogens is 342 g/mol. The summed E-state index contributed by atoms with van der Waals surface area (Å²) < 4.78 is 5.32. The van der Waals surface area contributed by atoms with Crippen LogP contribution in [-0.4, -0.2) is 33.6 Å². The Bertz CT molecular complexity index is 983. The first-order valence-electron chi connectivity index (χ1n) is 8.76. The zero-order valence-electron chi connectivity index (χ0n) is 14.4. The van der Waals surface area contributed by atoms with Gasteiger partial charge in [-0.25, -0.2) is 10.4 Å². The van der Waals surface area contributed by atoms with E-state index in [0.29, 0.717) is 12.4 Å². The van der Waals surface area contributed by atoms with Crippen molar-refractivity contribution >= 4 is 11.6 Å². The number of aromatic nitrogens is 2. The highest BCUT2D eigenvalue weighted by atomic mass is 16.3. The van der Waals surface area contributed by atoms with Gasteiger partial charge in [0.15, 0.2) is 0 Å². The zero-order chi connectivity index (χ0) is 18.2. The van der Waals surface area contributed by atoms with Crippen LogP contribution in [0.15, 0.2) is 71.6 Å². The lowest BCUT2D eigenvalue weighted by molar-refractivity contribution is -0.130. The van der Waals surface area contributed by atoms with Gasteiger partial charge >= 0.3 is 0 Å². The number of nitrogens with one attached hydrogen (secondary N) is 2. The molecule has 2 N–H and O–H groups in total. The number of fused-ring (bicyclic) bond motifs is 1. The fraction of sp³-hybridized carbons (Fsp3) is 0.150. The third kappa shape index (κ3) is 2.78. The van der Waals surface area contributed by atoms with E-state index in [2.05, 4.69) is 20.7 Å². The van der Waals surface area contributed by atoms with Crippen LogP contribution in [0.2, 0.25) is 0 Å². The molecule has 1 aromatic carbocycles. The van der Waals surface area contributed by atoms with Gasteiger partial charge in [0.25, 0.3) is 5.91 Å². The van der Waals surface area contributed by atoms with Crippen LogP contribution >= 0.6 is 0 Å². The monoisotopic (exact) mass is 359 g/mol. The minimum atomic E-state index is -0.182. The lowest BCUT2D eigenvalue weighted by atomic mass is 9.99. The van der Waals surface area contributed by atoms with Crippen LogP contribution in [0, 0.1) is 0 Å². The summed E-state index contributed by atoms with van der Waals surface area (Å²) in [7, 11) is 0. The van der Waals surface area contributed by atoms with Crippen LogP contribution in [-0.2, 0) is 4.79 Å². The second-order valence-electron chi connectivity index (χ2n) is 6.49. The van der Waals surface area contributed by atoms with Crippen LogP contribution in [0.5, 0.6) is 0 Å². The Labute approximate surface area is 155 Å². The molecule has 0 radical (unpaired) electrons. The van der Waals surface area contributed by atoms with Crippen LogP contribution in [0.3, 0.4) is 0 Å². The molecule has 1 fully saturated rings. The summed E-state index contributed by atoms with van der Waals surface area (Å²) in [6.07, 6.45) is 6.38. The standard InChI is InChI=1S/C20H17N5O2/c26-18-11-17(13-4-6-14(7-5-13)20-22-9-10-27-20)24-19-15(12-23-25(18)19)16-3-1-2-8-21-16/h1-11,15,19,23-24H,12H2. The van der Waals surface area contributed by atoms with E-state index in [0.717, 1.165) is 22.5 Å². The second-order valence-corrected chi connectivity index (χ2v) is 6.49. The Balaban J connectivity index is 1.43. The van der Waals surface area contributed by atoms with Crippen LogP contribution in [0.4, 0.5) is 0 Å². The number of pyridine rings is 1. The first-order chi connectivity index (χ1) is 13.3. The van der Waals surface area contributed by atoms with Crippen molar-refractivity contribution in [3.63, 3.8) is 0 Å². The molecule has 7 nitrogen and oxygen atoms in total. The van der Waals surface area contributed by atoms with Crippen molar-refractivity contribution in [2.45, 2.75) is 12.1 Å². The Morgan fingerprint density at radius 2 is 1.89 bits per heavy atom. The smallest absolute Gasteiger partial charge is 0.264 e. The molecular formula is C20H17N5O2. The fourth-order valence-corrected chi connectivity index (χ4v) is 3.55. The minimum Gasteiger partial charge on any atom is -0.445 e. The summed E-state index contributed by atoms with van der Waals surface area (Å²) in [4.78, 5) is 21.2.